The first kappa shape index (κ1) is 13.0. The van der Waals surface area contributed by atoms with Gasteiger partial charge in [-0.05, 0) is 6.42 Å². The summed E-state index contributed by atoms with van der Waals surface area (Å²) >= 11 is 6.24. The molecule has 1 N–H and O–H groups in total. The highest BCUT2D eigenvalue weighted by Gasteiger charge is 2.12. The van der Waals surface area contributed by atoms with Crippen LogP contribution in [0, 0.1) is 0 Å². The van der Waals surface area contributed by atoms with Crippen LogP contribution in [0.4, 0.5) is 0 Å². The molecule has 2 rings (SSSR count). The van der Waals surface area contributed by atoms with E-state index < -0.39 is 0 Å². The van der Waals surface area contributed by atoms with E-state index in [9.17, 15) is 0 Å². The maximum atomic E-state index is 6.24. The molecule has 0 fully saturated rings. The molecule has 0 unspecified atom stereocenters. The van der Waals surface area contributed by atoms with Crippen molar-refractivity contribution < 1.29 is 4.52 Å². The lowest BCUT2D eigenvalue weighted by molar-refractivity contribution is 0.374. The molecule has 2 aromatic heterocycles. The van der Waals surface area contributed by atoms with E-state index in [1.165, 1.54) is 6.33 Å². The van der Waals surface area contributed by atoms with E-state index in [4.69, 9.17) is 16.1 Å². The monoisotopic (exact) mass is 269 g/mol. The minimum Gasteiger partial charge on any atom is -0.340 e. The third-order valence-electron chi connectivity index (χ3n) is 2.72. The average Bonchev–Trinajstić information content (AvgIpc) is 2.96. The molecule has 0 atom stereocenters. The molecule has 0 aliphatic heterocycles. The Labute approximate surface area is 110 Å². The molecule has 98 valence electrons. The van der Waals surface area contributed by atoms with Crippen LogP contribution in [0.3, 0.4) is 0 Å². The Bertz CT molecular complexity index is 494. The zero-order chi connectivity index (χ0) is 13.0. The molecule has 0 saturated heterocycles. The SMILES string of the molecule is CCc1nn(C)c(CNCCc2ncno2)c1Cl. The highest BCUT2D eigenvalue weighted by atomic mass is 35.5. The van der Waals surface area contributed by atoms with Crippen LogP contribution in [0.1, 0.15) is 24.2 Å². The minimum atomic E-state index is 0.632. The normalized spacial score (nSPS) is 11.1. The number of rotatable bonds is 6. The van der Waals surface area contributed by atoms with Gasteiger partial charge >= 0.3 is 0 Å². The van der Waals surface area contributed by atoms with Gasteiger partial charge in [-0.1, -0.05) is 23.7 Å². The van der Waals surface area contributed by atoms with Crippen molar-refractivity contribution in [2.24, 2.45) is 7.05 Å². The fourth-order valence-corrected chi connectivity index (χ4v) is 2.08. The van der Waals surface area contributed by atoms with Gasteiger partial charge in [0, 0.05) is 26.6 Å². The van der Waals surface area contributed by atoms with Crippen molar-refractivity contribution in [1.82, 2.24) is 25.2 Å². The molecule has 0 spiro atoms. The lowest BCUT2D eigenvalue weighted by Gasteiger charge is -2.04. The van der Waals surface area contributed by atoms with Crippen molar-refractivity contribution in [2.75, 3.05) is 6.54 Å². The molecule has 6 nitrogen and oxygen atoms in total. The van der Waals surface area contributed by atoms with Crippen molar-refractivity contribution in [3.8, 4) is 0 Å². The van der Waals surface area contributed by atoms with E-state index in [0.717, 1.165) is 29.4 Å². The molecule has 0 aromatic carbocycles. The number of nitrogens with one attached hydrogen (secondary N) is 1. The van der Waals surface area contributed by atoms with Crippen molar-refractivity contribution in [3.05, 3.63) is 28.6 Å². The predicted octanol–water partition coefficient (Wildman–Crippen LogP) is 1.35. The van der Waals surface area contributed by atoms with E-state index in [-0.39, 0.29) is 0 Å². The Morgan fingerprint density at radius 2 is 2.33 bits per heavy atom. The molecule has 0 saturated carbocycles. The fraction of sp³-hybridized carbons (Fsp3) is 0.545. The highest BCUT2D eigenvalue weighted by molar-refractivity contribution is 6.31. The summed E-state index contributed by atoms with van der Waals surface area (Å²) in [6.07, 6.45) is 2.95. The van der Waals surface area contributed by atoms with Crippen LogP contribution in [-0.4, -0.2) is 26.5 Å². The van der Waals surface area contributed by atoms with Gasteiger partial charge in [-0.25, -0.2) is 0 Å². The van der Waals surface area contributed by atoms with E-state index in [1.54, 1.807) is 0 Å². The third-order valence-corrected chi connectivity index (χ3v) is 3.15. The second-order valence-electron chi connectivity index (χ2n) is 3.95. The highest BCUT2D eigenvalue weighted by Crippen LogP contribution is 2.20. The maximum absolute atomic E-state index is 6.24. The van der Waals surface area contributed by atoms with Gasteiger partial charge in [-0.2, -0.15) is 10.1 Å². The minimum absolute atomic E-state index is 0.632. The molecule has 0 bridgehead atoms. The summed E-state index contributed by atoms with van der Waals surface area (Å²) in [6, 6.07) is 0. The van der Waals surface area contributed by atoms with Gasteiger partial charge in [0.2, 0.25) is 5.89 Å². The Kier molecular flexibility index (Phi) is 4.33. The fourth-order valence-electron chi connectivity index (χ4n) is 1.72. The quantitative estimate of drug-likeness (QED) is 0.802. The summed E-state index contributed by atoms with van der Waals surface area (Å²) in [7, 11) is 1.90. The first-order chi connectivity index (χ1) is 8.72. The lowest BCUT2D eigenvalue weighted by atomic mass is 10.3. The first-order valence-electron chi connectivity index (χ1n) is 5.88. The van der Waals surface area contributed by atoms with Gasteiger partial charge in [0.1, 0.15) is 0 Å². The van der Waals surface area contributed by atoms with E-state index in [0.29, 0.717) is 18.9 Å². The van der Waals surface area contributed by atoms with Gasteiger partial charge in [-0.3, -0.25) is 4.68 Å². The molecule has 0 aliphatic rings. The third kappa shape index (κ3) is 2.88. The molecule has 2 aromatic rings. The largest absolute Gasteiger partial charge is 0.340 e. The van der Waals surface area contributed by atoms with Crippen LogP contribution < -0.4 is 5.32 Å². The first-order valence-corrected chi connectivity index (χ1v) is 6.26. The number of nitrogens with zero attached hydrogens (tertiary/aromatic N) is 4. The number of hydrogen-bond acceptors (Lipinski definition) is 5. The predicted molar refractivity (Wildman–Crippen MR) is 67.3 cm³/mol. The summed E-state index contributed by atoms with van der Waals surface area (Å²) < 4.78 is 6.73. The molecule has 2 heterocycles. The average molecular weight is 270 g/mol. The van der Waals surface area contributed by atoms with Gasteiger partial charge in [0.25, 0.3) is 0 Å². The second-order valence-corrected chi connectivity index (χ2v) is 4.32. The standard InChI is InChI=1S/C11H16ClN5O/c1-3-8-11(12)9(17(2)16-8)6-13-5-4-10-14-7-15-18-10/h7,13H,3-6H2,1-2H3. The Morgan fingerprint density at radius 3 is 2.94 bits per heavy atom. The molecular weight excluding hydrogens is 254 g/mol. The summed E-state index contributed by atoms with van der Waals surface area (Å²) in [5.74, 6) is 0.632. The molecule has 0 amide bonds. The van der Waals surface area contributed by atoms with Gasteiger partial charge in [0.15, 0.2) is 6.33 Å². The molecule has 18 heavy (non-hydrogen) atoms. The summed E-state index contributed by atoms with van der Waals surface area (Å²) in [6.45, 7) is 3.47. The smallest absolute Gasteiger partial charge is 0.227 e. The number of aromatic nitrogens is 4. The van der Waals surface area contributed by atoms with Crippen LogP contribution in [-0.2, 0) is 26.4 Å². The Morgan fingerprint density at radius 1 is 1.50 bits per heavy atom. The zero-order valence-electron chi connectivity index (χ0n) is 10.5. The van der Waals surface area contributed by atoms with E-state index in [1.807, 2.05) is 18.7 Å². The van der Waals surface area contributed by atoms with E-state index in [2.05, 4.69) is 20.6 Å². The zero-order valence-corrected chi connectivity index (χ0v) is 11.2. The number of hydrogen-bond donors (Lipinski definition) is 1. The molecule has 0 radical (unpaired) electrons. The van der Waals surface area contributed by atoms with Crippen molar-refractivity contribution in [3.63, 3.8) is 0 Å². The molecule has 0 aliphatic carbocycles. The summed E-state index contributed by atoms with van der Waals surface area (Å²) in [4.78, 5) is 3.95. The number of aryl methyl sites for hydroxylation is 2. The lowest BCUT2D eigenvalue weighted by Crippen LogP contribution is -2.19. The van der Waals surface area contributed by atoms with Crippen LogP contribution in [0.15, 0.2) is 10.9 Å². The van der Waals surface area contributed by atoms with Crippen molar-refractivity contribution >= 4 is 11.6 Å². The van der Waals surface area contributed by atoms with Crippen LogP contribution in [0.5, 0.6) is 0 Å². The Balaban J connectivity index is 1.85. The topological polar surface area (TPSA) is 68.8 Å². The summed E-state index contributed by atoms with van der Waals surface area (Å²) in [5, 5.41) is 12.0. The molecular formula is C11H16ClN5O. The van der Waals surface area contributed by atoms with Crippen LogP contribution in [0.2, 0.25) is 5.02 Å². The van der Waals surface area contributed by atoms with Crippen LogP contribution >= 0.6 is 11.6 Å². The Hall–Kier alpha value is -1.40. The number of halogens is 1. The summed E-state index contributed by atoms with van der Waals surface area (Å²) in [5.41, 5.74) is 1.94. The van der Waals surface area contributed by atoms with Crippen molar-refractivity contribution in [1.29, 1.82) is 0 Å². The van der Waals surface area contributed by atoms with Gasteiger partial charge in [0.05, 0.1) is 16.4 Å². The maximum Gasteiger partial charge on any atom is 0.227 e. The van der Waals surface area contributed by atoms with Crippen molar-refractivity contribution in [2.45, 2.75) is 26.3 Å². The van der Waals surface area contributed by atoms with Gasteiger partial charge in [-0.15, -0.1) is 0 Å². The van der Waals surface area contributed by atoms with E-state index >= 15 is 0 Å². The molecule has 7 heteroatoms. The second kappa shape index (κ2) is 5.97. The van der Waals surface area contributed by atoms with Crippen LogP contribution in [0.25, 0.3) is 0 Å². The van der Waals surface area contributed by atoms with Gasteiger partial charge < -0.3 is 9.84 Å².